The molecule has 0 aromatic heterocycles. The SMILES string of the molecule is COc1ccc(C[C@H](NC(=O)[C@@H]2CCCN2C(=O)[C@@H](CCCN)NC(=O)CNC(=O)[C@H](CCN)NC(=O)[C@@H](NC(=O)[C@@H](N)CCCCN)[C@@H](O)CN)C(=O)N[C@@H](CCCCN)C(=O)CC/C(=C\CCN=C(N)N)C(=O)O)cc1OC. The molecule has 1 heterocycles. The molecule has 7 amide bonds. The van der Waals surface area contributed by atoms with E-state index in [2.05, 4.69) is 36.9 Å². The minimum atomic E-state index is -1.60. The van der Waals surface area contributed by atoms with Crippen molar-refractivity contribution >= 4 is 59.1 Å². The van der Waals surface area contributed by atoms with Gasteiger partial charge in [0, 0.05) is 38.0 Å². The van der Waals surface area contributed by atoms with Gasteiger partial charge in [-0.3, -0.25) is 43.3 Å². The number of aliphatic carboxylic acids is 1. The van der Waals surface area contributed by atoms with Crippen LogP contribution in [-0.4, -0.2) is 189 Å². The van der Waals surface area contributed by atoms with E-state index in [0.29, 0.717) is 62.3 Å². The lowest BCUT2D eigenvalue weighted by Gasteiger charge is -2.30. The Morgan fingerprint density at radius 3 is 1.99 bits per heavy atom. The Kier molecular flexibility index (Phi) is 32.6. The van der Waals surface area contributed by atoms with Crippen molar-refractivity contribution < 1.29 is 62.8 Å². The van der Waals surface area contributed by atoms with Gasteiger partial charge in [0.15, 0.2) is 23.2 Å². The fraction of sp³-hybridized carbons (Fsp3) is 0.647. The maximum absolute atomic E-state index is 14.4. The fourth-order valence-electron chi connectivity index (χ4n) is 8.65. The number of aliphatic hydroxyl groups is 1. The van der Waals surface area contributed by atoms with E-state index in [1.807, 2.05) is 0 Å². The number of guanidine groups is 1. The van der Waals surface area contributed by atoms with Crippen LogP contribution in [-0.2, 0) is 49.6 Å². The molecule has 450 valence electrons. The third-order valence-corrected chi connectivity index (χ3v) is 13.1. The highest BCUT2D eigenvalue weighted by Gasteiger charge is 2.40. The van der Waals surface area contributed by atoms with Gasteiger partial charge in [-0.05, 0) is 121 Å². The number of unbranched alkanes of at least 4 members (excludes halogenated alkanes) is 2. The van der Waals surface area contributed by atoms with E-state index in [9.17, 15) is 53.4 Å². The number of ether oxygens (including phenoxy) is 2. The number of carboxylic acids is 1. The molecular formula is C51H88N16O13. The van der Waals surface area contributed by atoms with Crippen molar-refractivity contribution in [3.05, 3.63) is 35.4 Å². The molecule has 24 N–H and O–H groups in total. The van der Waals surface area contributed by atoms with E-state index in [-0.39, 0.29) is 102 Å². The van der Waals surface area contributed by atoms with E-state index in [1.54, 1.807) is 18.2 Å². The van der Waals surface area contributed by atoms with Crippen LogP contribution in [0.1, 0.15) is 95.5 Å². The maximum atomic E-state index is 14.4. The highest BCUT2D eigenvalue weighted by atomic mass is 16.5. The van der Waals surface area contributed by atoms with Gasteiger partial charge in [0.25, 0.3) is 0 Å². The number of nitrogens with one attached hydrogen (secondary N) is 6. The predicted molar refractivity (Wildman–Crippen MR) is 297 cm³/mol. The summed E-state index contributed by atoms with van der Waals surface area (Å²) in [5.74, 6) is -6.65. The first-order chi connectivity index (χ1) is 38.2. The Balaban J connectivity index is 2.35. The van der Waals surface area contributed by atoms with Gasteiger partial charge in [-0.2, -0.15) is 0 Å². The number of ketones is 1. The molecule has 29 heteroatoms. The minimum absolute atomic E-state index is 0.0323. The number of carboxylic acid groups (broad SMARTS) is 1. The van der Waals surface area contributed by atoms with Crippen LogP contribution in [0.15, 0.2) is 34.8 Å². The number of nitrogens with two attached hydrogens (primary N) is 8. The highest BCUT2D eigenvalue weighted by Crippen LogP contribution is 2.28. The number of carbonyl (C=O) groups is 9. The van der Waals surface area contributed by atoms with Crippen molar-refractivity contribution in [2.75, 3.05) is 66.6 Å². The van der Waals surface area contributed by atoms with Crippen LogP contribution in [0.5, 0.6) is 11.5 Å². The molecule has 0 radical (unpaired) electrons. The Morgan fingerprint density at radius 2 is 1.38 bits per heavy atom. The largest absolute Gasteiger partial charge is 0.493 e. The number of aliphatic hydroxyl groups excluding tert-OH is 1. The zero-order valence-electron chi connectivity index (χ0n) is 46.1. The smallest absolute Gasteiger partial charge is 0.331 e. The molecule has 1 aromatic carbocycles. The van der Waals surface area contributed by atoms with Crippen LogP contribution in [0.25, 0.3) is 0 Å². The number of aliphatic imine (C=N–C) groups is 1. The van der Waals surface area contributed by atoms with Crippen LogP contribution >= 0.6 is 0 Å². The monoisotopic (exact) mass is 1130 g/mol. The molecule has 0 bridgehead atoms. The summed E-state index contributed by atoms with van der Waals surface area (Å²) in [6.07, 6.45) is 2.69. The molecular weight excluding hydrogens is 1040 g/mol. The molecule has 8 atom stereocenters. The number of likely N-dealkylation sites (tertiary alicyclic amines) is 1. The summed E-state index contributed by atoms with van der Waals surface area (Å²) in [4.78, 5) is 127. The Labute approximate surface area is 466 Å². The van der Waals surface area contributed by atoms with Crippen LogP contribution < -0.4 is 87.2 Å². The zero-order chi connectivity index (χ0) is 59.7. The van der Waals surface area contributed by atoms with Gasteiger partial charge >= 0.3 is 5.97 Å². The summed E-state index contributed by atoms with van der Waals surface area (Å²) in [5, 5.41) is 35.8. The van der Waals surface area contributed by atoms with Crippen molar-refractivity contribution in [2.24, 2.45) is 50.9 Å². The number of Topliss-reactive ketones (excluding diaryl/α,β-unsaturated/α-hetero) is 1. The molecule has 0 spiro atoms. The average Bonchev–Trinajstić information content (AvgIpc) is 3.98. The minimum Gasteiger partial charge on any atom is -0.493 e. The molecule has 2 rings (SSSR count). The molecule has 1 saturated heterocycles. The van der Waals surface area contributed by atoms with Gasteiger partial charge in [-0.1, -0.05) is 18.6 Å². The van der Waals surface area contributed by atoms with Crippen LogP contribution in [0.3, 0.4) is 0 Å². The van der Waals surface area contributed by atoms with Gasteiger partial charge in [0.1, 0.15) is 30.2 Å². The Bertz CT molecular complexity index is 2250. The first kappa shape index (κ1) is 69.1. The normalized spacial score (nSPS) is 15.8. The van der Waals surface area contributed by atoms with Crippen molar-refractivity contribution in [3.63, 3.8) is 0 Å². The zero-order valence-corrected chi connectivity index (χ0v) is 46.1. The van der Waals surface area contributed by atoms with Crippen LogP contribution in [0, 0.1) is 0 Å². The number of amides is 7. The summed E-state index contributed by atoms with van der Waals surface area (Å²) in [7, 11) is 2.87. The van der Waals surface area contributed by atoms with Crippen molar-refractivity contribution in [2.45, 2.75) is 145 Å². The van der Waals surface area contributed by atoms with E-state index < -0.39 is 115 Å². The molecule has 0 aliphatic carbocycles. The average molecular weight is 1130 g/mol. The summed E-state index contributed by atoms with van der Waals surface area (Å²) < 4.78 is 10.9. The number of hydrogen-bond donors (Lipinski definition) is 16. The lowest BCUT2D eigenvalue weighted by atomic mass is 9.97. The van der Waals surface area contributed by atoms with E-state index in [1.165, 1.54) is 25.2 Å². The van der Waals surface area contributed by atoms with Crippen LogP contribution in [0.4, 0.5) is 0 Å². The van der Waals surface area contributed by atoms with Crippen molar-refractivity contribution in [1.82, 2.24) is 36.8 Å². The first-order valence-electron chi connectivity index (χ1n) is 26.9. The Hall–Kier alpha value is -7.02. The molecule has 80 heavy (non-hydrogen) atoms. The third-order valence-electron chi connectivity index (χ3n) is 13.1. The van der Waals surface area contributed by atoms with Crippen molar-refractivity contribution in [1.29, 1.82) is 0 Å². The van der Waals surface area contributed by atoms with Gasteiger partial charge in [-0.15, -0.1) is 0 Å². The standard InChI is InChI=1S/C51H88N16O13/c1-79-40-18-15-30(27-41(40)80-2)26-36(46(73)63-33(12-4-6-21-53)38(68)17-16-31(50(77)78)10-8-24-60-51(58)59)65-47(74)37-14-9-25-67(37)49(76)35(13-7-22-54)62-42(70)29-61-45(72)34(19-23-55)64-48(75)43(39(69)28-56)66-44(71)32(57)11-3-5-20-52/h10,15,18,27,32-37,39,43,69H,3-9,11-14,16-17,19-26,28-29,52-57H2,1-2H3,(H,61,72)(H,62,70)(H,63,73)(H,64,75)(H,65,74)(H,66,71)(H,77,78)(H4,58,59,60)/b31-10+/t32-,33-,34-,35+,36-,37-,39-,43-/m0/s1. The van der Waals surface area contributed by atoms with Gasteiger partial charge in [0.2, 0.25) is 41.4 Å². The highest BCUT2D eigenvalue weighted by molar-refractivity contribution is 5.98. The lowest BCUT2D eigenvalue weighted by molar-refractivity contribution is -0.142. The summed E-state index contributed by atoms with van der Waals surface area (Å²) in [6, 6.07) is -3.91. The Morgan fingerprint density at radius 1 is 0.725 bits per heavy atom. The molecule has 1 aliphatic heterocycles. The van der Waals surface area contributed by atoms with E-state index in [0.717, 1.165) is 0 Å². The summed E-state index contributed by atoms with van der Waals surface area (Å²) in [5.41, 5.74) is 45.6. The quantitative estimate of drug-likeness (QED) is 0.0126. The van der Waals surface area contributed by atoms with Gasteiger partial charge in [-0.25, -0.2) is 4.79 Å². The topological polar surface area (TPSA) is 508 Å². The van der Waals surface area contributed by atoms with Crippen LogP contribution in [0.2, 0.25) is 0 Å². The molecule has 0 unspecified atom stereocenters. The number of nitrogens with zero attached hydrogens (tertiary/aromatic N) is 2. The number of rotatable bonds is 40. The fourth-order valence-corrected chi connectivity index (χ4v) is 8.65. The summed E-state index contributed by atoms with van der Waals surface area (Å²) in [6.45, 7) is -0.190. The number of methoxy groups -OCH3 is 2. The first-order valence-corrected chi connectivity index (χ1v) is 26.9. The number of hydrogen-bond acceptors (Lipinski definition) is 19. The second kappa shape index (κ2) is 37.8. The van der Waals surface area contributed by atoms with E-state index in [4.69, 9.17) is 55.3 Å². The molecule has 0 saturated carbocycles. The second-order valence-corrected chi connectivity index (χ2v) is 19.2. The maximum Gasteiger partial charge on any atom is 0.331 e. The predicted octanol–water partition coefficient (Wildman–Crippen LogP) is -5.21. The number of benzene rings is 1. The summed E-state index contributed by atoms with van der Waals surface area (Å²) >= 11 is 0. The lowest BCUT2D eigenvalue weighted by Crippen LogP contribution is -2.61. The molecule has 1 aliphatic rings. The van der Waals surface area contributed by atoms with E-state index >= 15 is 0 Å². The van der Waals surface area contributed by atoms with Gasteiger partial charge in [0.05, 0.1) is 39.0 Å². The third kappa shape index (κ3) is 24.1. The number of carbonyl (C=O) groups excluding carboxylic acids is 8. The molecule has 1 fully saturated rings. The van der Waals surface area contributed by atoms with Gasteiger partial charge < -0.3 is 102 Å². The second-order valence-electron chi connectivity index (χ2n) is 19.2. The molecule has 1 aromatic rings. The van der Waals surface area contributed by atoms with Crippen molar-refractivity contribution in [3.8, 4) is 11.5 Å². The molecule has 29 nitrogen and oxygen atoms in total.